The summed E-state index contributed by atoms with van der Waals surface area (Å²) in [5.74, 6) is 2.51. The molecule has 2 aliphatic heterocycles. The van der Waals surface area contributed by atoms with Gasteiger partial charge in [-0.05, 0) is 81.6 Å². The highest BCUT2D eigenvalue weighted by atomic mass is 31.2. The minimum absolute atomic E-state index is 0.0577. The van der Waals surface area contributed by atoms with Crippen LogP contribution in [-0.2, 0) is 28.9 Å². The molecule has 2 unspecified atom stereocenters. The van der Waals surface area contributed by atoms with Crippen molar-refractivity contribution in [3.05, 3.63) is 118 Å². The first-order valence-electron chi connectivity index (χ1n) is 20.4. The molecule has 0 saturated carbocycles. The second-order valence-corrected chi connectivity index (χ2v) is 16.5. The van der Waals surface area contributed by atoms with Gasteiger partial charge in [-0.3, -0.25) is 4.57 Å². The molecule has 0 spiro atoms. The number of aliphatic imine (C=N–C) groups is 1. The van der Waals surface area contributed by atoms with Crippen molar-refractivity contribution in [1.29, 1.82) is 5.26 Å². The highest BCUT2D eigenvalue weighted by Gasteiger charge is 2.45. The van der Waals surface area contributed by atoms with Gasteiger partial charge in [0.2, 0.25) is 0 Å². The van der Waals surface area contributed by atoms with Gasteiger partial charge in [0, 0.05) is 37.8 Å². The normalized spacial score (nSPS) is 19.2. The summed E-state index contributed by atoms with van der Waals surface area (Å²) in [5, 5.41) is 9.39. The summed E-state index contributed by atoms with van der Waals surface area (Å²) in [5.41, 5.74) is 0.999. The van der Waals surface area contributed by atoms with Crippen LogP contribution in [0.5, 0.6) is 11.5 Å². The Balaban J connectivity index is 1.39. The Hall–Kier alpha value is -4.71. The van der Waals surface area contributed by atoms with Crippen molar-refractivity contribution in [2.45, 2.75) is 83.6 Å². The van der Waals surface area contributed by atoms with Gasteiger partial charge in [0.1, 0.15) is 35.3 Å². The molecule has 0 N–H and O–H groups in total. The minimum atomic E-state index is -1.67. The van der Waals surface area contributed by atoms with Crippen LogP contribution in [0, 0.1) is 11.3 Å². The molecule has 14 nitrogen and oxygen atoms in total. The number of benzene rings is 3. The van der Waals surface area contributed by atoms with Crippen LogP contribution in [0.1, 0.15) is 70.4 Å². The first kappa shape index (κ1) is 44.8. The molecule has 15 heteroatoms. The van der Waals surface area contributed by atoms with E-state index in [1.807, 2.05) is 85.8 Å². The Kier molecular flexibility index (Phi) is 15.8. The van der Waals surface area contributed by atoms with Gasteiger partial charge in [-0.25, -0.2) is 14.5 Å². The Bertz CT molecular complexity index is 2030. The summed E-state index contributed by atoms with van der Waals surface area (Å²) in [4.78, 5) is 24.9. The van der Waals surface area contributed by atoms with E-state index in [1.165, 1.54) is 4.57 Å². The van der Waals surface area contributed by atoms with Gasteiger partial charge in [-0.1, -0.05) is 54.6 Å². The van der Waals surface area contributed by atoms with Crippen LogP contribution >= 0.6 is 8.53 Å². The summed E-state index contributed by atoms with van der Waals surface area (Å²) in [6.45, 7) is 13.2. The Morgan fingerprint density at radius 2 is 1.53 bits per heavy atom. The van der Waals surface area contributed by atoms with Crippen LogP contribution in [0.4, 0.5) is 5.82 Å². The molecule has 60 heavy (non-hydrogen) atoms. The molecule has 6 rings (SSSR count). The van der Waals surface area contributed by atoms with Crippen LogP contribution in [0.3, 0.4) is 0 Å². The third kappa shape index (κ3) is 10.6. The monoisotopic (exact) mass is 840 g/mol. The van der Waals surface area contributed by atoms with Gasteiger partial charge in [0.15, 0.2) is 5.82 Å². The molecule has 2 aliphatic rings. The van der Waals surface area contributed by atoms with E-state index in [-0.39, 0.29) is 31.7 Å². The molecule has 3 aromatic carbocycles. The fourth-order valence-electron chi connectivity index (χ4n) is 7.63. The van der Waals surface area contributed by atoms with Crippen molar-refractivity contribution < 1.29 is 32.7 Å². The zero-order valence-corrected chi connectivity index (χ0v) is 36.5. The van der Waals surface area contributed by atoms with Crippen LogP contribution in [0.25, 0.3) is 0 Å². The predicted molar refractivity (Wildman–Crippen MR) is 231 cm³/mol. The summed E-state index contributed by atoms with van der Waals surface area (Å²) in [6, 6.07) is 29.8. The summed E-state index contributed by atoms with van der Waals surface area (Å²) in [7, 11) is 1.61. The quantitative estimate of drug-likeness (QED) is 0.0320. The maximum atomic E-state index is 13.8. The summed E-state index contributed by atoms with van der Waals surface area (Å²) < 4.78 is 47.7. The van der Waals surface area contributed by atoms with Crippen molar-refractivity contribution in [2.75, 3.05) is 53.7 Å². The highest BCUT2D eigenvalue weighted by molar-refractivity contribution is 7.44. The van der Waals surface area contributed by atoms with E-state index < -0.39 is 38.3 Å². The van der Waals surface area contributed by atoms with Crippen LogP contribution in [-0.4, -0.2) is 103 Å². The molecule has 4 aromatic rings. The molecule has 3 heterocycles. The number of nitriles is 1. The Morgan fingerprint density at radius 1 is 0.933 bits per heavy atom. The van der Waals surface area contributed by atoms with Crippen molar-refractivity contribution in [1.82, 2.24) is 19.1 Å². The van der Waals surface area contributed by atoms with Crippen molar-refractivity contribution in [3.8, 4) is 17.6 Å². The average molecular weight is 841 g/mol. The van der Waals surface area contributed by atoms with Crippen molar-refractivity contribution >= 4 is 20.2 Å². The fraction of sp³-hybridized carbons (Fsp3) is 0.467. The maximum absolute atomic E-state index is 13.8. The molecule has 0 aliphatic carbocycles. The van der Waals surface area contributed by atoms with Gasteiger partial charge >= 0.3 is 5.69 Å². The first-order valence-corrected chi connectivity index (χ1v) is 21.6. The summed E-state index contributed by atoms with van der Waals surface area (Å²) >= 11 is 0. The van der Waals surface area contributed by atoms with E-state index in [9.17, 15) is 10.1 Å². The van der Waals surface area contributed by atoms with E-state index in [0.717, 1.165) is 35.6 Å². The molecule has 2 saturated heterocycles. The molecular weight excluding hydrogens is 784 g/mol. The lowest BCUT2D eigenvalue weighted by molar-refractivity contribution is -0.0925. The minimum Gasteiger partial charge on any atom is -0.497 e. The number of hydrogen-bond donors (Lipinski definition) is 0. The zero-order chi connectivity index (χ0) is 42.6. The first-order chi connectivity index (χ1) is 29.1. The Labute approximate surface area is 354 Å². The van der Waals surface area contributed by atoms with Crippen LogP contribution < -0.4 is 15.2 Å². The van der Waals surface area contributed by atoms with E-state index >= 15 is 0 Å². The summed E-state index contributed by atoms with van der Waals surface area (Å²) in [6.07, 6.45) is 0.198. The SMILES string of the molecule is COc1ccc(C(OC[C@H]2O[C@@H](n3ccc(/N=C(/C)N4CCOCC4)nc3=O)CC2OP(OCCC#N)N(C(C)C)C(C)C)(c2ccccc2)c2ccc(OC)cc2)cc1. The topological polar surface area (TPSA) is 142 Å². The molecule has 2 fully saturated rings. The fourth-order valence-corrected chi connectivity index (χ4v) is 9.39. The van der Waals surface area contributed by atoms with Crippen molar-refractivity contribution in [2.24, 2.45) is 4.99 Å². The highest BCUT2D eigenvalue weighted by Crippen LogP contribution is 2.50. The van der Waals surface area contributed by atoms with Gasteiger partial charge < -0.3 is 37.6 Å². The second-order valence-electron chi connectivity index (χ2n) is 15.1. The molecule has 0 amide bonds. The lowest BCUT2D eigenvalue weighted by atomic mass is 9.80. The second kappa shape index (κ2) is 21.2. The van der Waals surface area contributed by atoms with E-state index in [0.29, 0.717) is 37.0 Å². The molecule has 0 bridgehead atoms. The van der Waals surface area contributed by atoms with E-state index in [2.05, 4.69) is 53.3 Å². The number of hydrogen-bond acceptors (Lipinski definition) is 12. The largest absolute Gasteiger partial charge is 0.497 e. The van der Waals surface area contributed by atoms with Gasteiger partial charge in [-0.2, -0.15) is 10.2 Å². The van der Waals surface area contributed by atoms with Crippen LogP contribution in [0.15, 0.2) is 101 Å². The van der Waals surface area contributed by atoms with E-state index in [4.69, 9.17) is 32.7 Å². The number of nitrogens with zero attached hydrogens (tertiary/aromatic N) is 6. The third-order valence-electron chi connectivity index (χ3n) is 10.6. The number of morpholine rings is 1. The number of amidine groups is 1. The molecule has 1 aromatic heterocycles. The van der Waals surface area contributed by atoms with E-state index in [1.54, 1.807) is 26.5 Å². The molecule has 0 radical (unpaired) electrons. The van der Waals surface area contributed by atoms with Gasteiger partial charge in [0.05, 0.1) is 59.2 Å². The smallest absolute Gasteiger partial charge is 0.351 e. The lowest BCUT2D eigenvalue weighted by Gasteiger charge is -2.39. The molecule has 320 valence electrons. The number of methoxy groups -OCH3 is 2. The number of rotatable bonds is 18. The standard InChI is InChI=1S/C45H57N6O8P/c1-32(2)51(33(3)4)60(57-27-11-23-46)59-40-30-43(50-24-22-42(48-44(50)52)47-34(5)49-25-28-55-29-26-49)58-41(40)31-56-45(35-12-9-8-10-13-35,36-14-18-38(53-6)19-15-36)37-16-20-39(54-7)21-17-37/h8-10,12-22,24,32-33,40-41,43H,11,25-31H2,1-7H3/b47-34-/t40?,41-,43-,60?/m1/s1. The predicted octanol–water partition coefficient (Wildman–Crippen LogP) is 7.60. The van der Waals surface area contributed by atoms with Gasteiger partial charge in [0.25, 0.3) is 8.53 Å². The maximum Gasteiger partial charge on any atom is 0.351 e. The van der Waals surface area contributed by atoms with Gasteiger partial charge in [-0.15, -0.1) is 0 Å². The number of aromatic nitrogens is 2. The molecular formula is C45H57N6O8P. The third-order valence-corrected chi connectivity index (χ3v) is 12.7. The van der Waals surface area contributed by atoms with Crippen molar-refractivity contribution in [3.63, 3.8) is 0 Å². The number of ether oxygens (including phenoxy) is 5. The molecule has 4 atom stereocenters. The van der Waals surface area contributed by atoms with Crippen LogP contribution in [0.2, 0.25) is 0 Å². The lowest BCUT2D eigenvalue weighted by Crippen LogP contribution is -2.39. The zero-order valence-electron chi connectivity index (χ0n) is 35.6. The Morgan fingerprint density at radius 3 is 2.08 bits per heavy atom. The average Bonchev–Trinajstić information content (AvgIpc) is 3.66.